The molecule has 2 heteroatoms. The van der Waals surface area contributed by atoms with Gasteiger partial charge in [0.1, 0.15) is 12.4 Å². The molecule has 1 atom stereocenters. The molecule has 1 saturated heterocycles. The van der Waals surface area contributed by atoms with Crippen molar-refractivity contribution in [3.05, 3.63) is 29.8 Å². The van der Waals surface area contributed by atoms with Gasteiger partial charge in [-0.05, 0) is 56.3 Å². The summed E-state index contributed by atoms with van der Waals surface area (Å²) in [7, 11) is 0. The lowest BCUT2D eigenvalue weighted by atomic mass is 9.91. The van der Waals surface area contributed by atoms with E-state index in [1.54, 1.807) is 0 Å². The van der Waals surface area contributed by atoms with Gasteiger partial charge in [-0.25, -0.2) is 0 Å². The Balaban J connectivity index is 1.92. The number of nitrogens with zero attached hydrogens (tertiary/aromatic N) is 1. The van der Waals surface area contributed by atoms with Crippen molar-refractivity contribution >= 4 is 0 Å². The first-order valence-electron chi connectivity index (χ1n) is 8.29. The zero-order chi connectivity index (χ0) is 14.2. The monoisotopic (exact) mass is 275 g/mol. The van der Waals surface area contributed by atoms with Gasteiger partial charge < -0.3 is 4.74 Å². The van der Waals surface area contributed by atoms with E-state index in [4.69, 9.17) is 4.74 Å². The third-order valence-electron chi connectivity index (χ3n) is 4.35. The third-order valence-corrected chi connectivity index (χ3v) is 4.35. The van der Waals surface area contributed by atoms with Crippen LogP contribution < -0.4 is 4.74 Å². The number of likely N-dealkylation sites (tertiary alicyclic amines) is 1. The van der Waals surface area contributed by atoms with Crippen LogP contribution in [0.1, 0.15) is 57.4 Å². The maximum absolute atomic E-state index is 6.09. The van der Waals surface area contributed by atoms with Crippen LogP contribution in [0.5, 0.6) is 5.75 Å². The minimum absolute atomic E-state index is 0.642. The summed E-state index contributed by atoms with van der Waals surface area (Å²) in [4.78, 5) is 2.51. The molecule has 0 saturated carbocycles. The fourth-order valence-corrected chi connectivity index (χ4v) is 3.17. The van der Waals surface area contributed by atoms with Crippen LogP contribution in [0, 0.1) is 0 Å². The van der Waals surface area contributed by atoms with Crippen molar-refractivity contribution in [3.8, 4) is 5.75 Å². The van der Waals surface area contributed by atoms with E-state index >= 15 is 0 Å². The molecule has 2 nitrogen and oxygen atoms in total. The summed E-state index contributed by atoms with van der Waals surface area (Å²) >= 11 is 0. The molecule has 1 heterocycles. The molecule has 0 aromatic heterocycles. The predicted octanol–water partition coefficient (Wildman–Crippen LogP) is 4.45. The lowest BCUT2D eigenvalue weighted by molar-refractivity contribution is 0.235. The fourth-order valence-electron chi connectivity index (χ4n) is 3.17. The summed E-state index contributed by atoms with van der Waals surface area (Å²) in [6, 6.07) is 8.61. The number of rotatable bonds is 8. The highest BCUT2D eigenvalue weighted by Gasteiger charge is 2.15. The number of hydrogen-bond acceptors (Lipinski definition) is 2. The SMILES string of the molecule is CCCC(CC)c1ccccc1OCCN1CCCC1. The predicted molar refractivity (Wildman–Crippen MR) is 85.6 cm³/mol. The van der Waals surface area contributed by atoms with E-state index in [0.717, 1.165) is 18.9 Å². The molecule has 1 aliphatic heterocycles. The Kier molecular flexibility index (Phi) is 6.38. The van der Waals surface area contributed by atoms with E-state index in [2.05, 4.69) is 43.0 Å². The Morgan fingerprint density at radius 1 is 1.15 bits per heavy atom. The second-order valence-corrected chi connectivity index (χ2v) is 5.83. The van der Waals surface area contributed by atoms with Gasteiger partial charge in [0.15, 0.2) is 0 Å². The molecule has 0 amide bonds. The van der Waals surface area contributed by atoms with Crippen molar-refractivity contribution in [3.63, 3.8) is 0 Å². The Bertz CT molecular complexity index is 385. The van der Waals surface area contributed by atoms with E-state index in [9.17, 15) is 0 Å². The summed E-state index contributed by atoms with van der Waals surface area (Å²) in [5.41, 5.74) is 1.40. The van der Waals surface area contributed by atoms with E-state index in [1.165, 1.54) is 50.8 Å². The topological polar surface area (TPSA) is 12.5 Å². The second-order valence-electron chi connectivity index (χ2n) is 5.83. The third kappa shape index (κ3) is 4.24. The van der Waals surface area contributed by atoms with Crippen molar-refractivity contribution in [2.75, 3.05) is 26.2 Å². The van der Waals surface area contributed by atoms with Gasteiger partial charge in [-0.3, -0.25) is 4.90 Å². The molecule has 1 aliphatic rings. The fraction of sp³-hybridized carbons (Fsp3) is 0.667. The van der Waals surface area contributed by atoms with Crippen LogP contribution in [-0.2, 0) is 0 Å². The molecule has 20 heavy (non-hydrogen) atoms. The first kappa shape index (κ1) is 15.4. The Hall–Kier alpha value is -1.02. The first-order valence-corrected chi connectivity index (χ1v) is 8.29. The second kappa shape index (κ2) is 8.31. The smallest absolute Gasteiger partial charge is 0.122 e. The van der Waals surface area contributed by atoms with Crippen molar-refractivity contribution in [1.29, 1.82) is 0 Å². The van der Waals surface area contributed by atoms with Crippen LogP contribution in [-0.4, -0.2) is 31.1 Å². The van der Waals surface area contributed by atoms with Gasteiger partial charge in [0.25, 0.3) is 0 Å². The van der Waals surface area contributed by atoms with E-state index in [-0.39, 0.29) is 0 Å². The largest absolute Gasteiger partial charge is 0.492 e. The van der Waals surface area contributed by atoms with Crippen LogP contribution >= 0.6 is 0 Å². The average molecular weight is 275 g/mol. The van der Waals surface area contributed by atoms with Crippen LogP contribution in [0.4, 0.5) is 0 Å². The van der Waals surface area contributed by atoms with Crippen molar-refractivity contribution in [1.82, 2.24) is 4.90 Å². The molecule has 1 unspecified atom stereocenters. The van der Waals surface area contributed by atoms with Gasteiger partial charge in [-0.1, -0.05) is 38.5 Å². The van der Waals surface area contributed by atoms with Gasteiger partial charge >= 0.3 is 0 Å². The van der Waals surface area contributed by atoms with Gasteiger partial charge in [-0.2, -0.15) is 0 Å². The summed E-state index contributed by atoms with van der Waals surface area (Å²) in [5, 5.41) is 0. The van der Waals surface area contributed by atoms with E-state index < -0.39 is 0 Å². The molecule has 0 radical (unpaired) electrons. The number of ether oxygens (including phenoxy) is 1. The molecular weight excluding hydrogens is 246 g/mol. The van der Waals surface area contributed by atoms with Gasteiger partial charge in [0.2, 0.25) is 0 Å². The van der Waals surface area contributed by atoms with Gasteiger partial charge in [0, 0.05) is 6.54 Å². The molecule has 1 aromatic carbocycles. The average Bonchev–Trinajstić information content (AvgIpc) is 2.99. The van der Waals surface area contributed by atoms with Crippen LogP contribution in [0.15, 0.2) is 24.3 Å². The number of para-hydroxylation sites is 1. The standard InChI is InChI=1S/C18H29NO/c1-3-9-16(4-2)17-10-5-6-11-18(17)20-15-14-19-12-7-8-13-19/h5-6,10-11,16H,3-4,7-9,12-15H2,1-2H3. The molecule has 1 fully saturated rings. The molecule has 0 N–H and O–H groups in total. The quantitative estimate of drug-likeness (QED) is 0.694. The Morgan fingerprint density at radius 2 is 1.90 bits per heavy atom. The molecule has 0 aliphatic carbocycles. The minimum Gasteiger partial charge on any atom is -0.492 e. The highest BCUT2D eigenvalue weighted by Crippen LogP contribution is 2.32. The molecular formula is C18H29NO. The molecule has 1 aromatic rings. The summed E-state index contributed by atoms with van der Waals surface area (Å²) in [6.07, 6.45) is 6.39. The van der Waals surface area contributed by atoms with Crippen LogP contribution in [0.2, 0.25) is 0 Å². The summed E-state index contributed by atoms with van der Waals surface area (Å²) in [6.45, 7) is 8.93. The highest BCUT2D eigenvalue weighted by atomic mass is 16.5. The first-order chi connectivity index (χ1) is 9.85. The van der Waals surface area contributed by atoms with Gasteiger partial charge in [-0.15, -0.1) is 0 Å². The molecule has 112 valence electrons. The van der Waals surface area contributed by atoms with E-state index in [1.807, 2.05) is 0 Å². The Labute approximate surface area is 124 Å². The van der Waals surface area contributed by atoms with Crippen molar-refractivity contribution in [2.24, 2.45) is 0 Å². The highest BCUT2D eigenvalue weighted by molar-refractivity contribution is 5.36. The molecule has 0 spiro atoms. The zero-order valence-corrected chi connectivity index (χ0v) is 13.1. The van der Waals surface area contributed by atoms with Crippen molar-refractivity contribution in [2.45, 2.75) is 51.9 Å². The van der Waals surface area contributed by atoms with Gasteiger partial charge in [0.05, 0.1) is 0 Å². The minimum atomic E-state index is 0.642. The van der Waals surface area contributed by atoms with Crippen LogP contribution in [0.3, 0.4) is 0 Å². The Morgan fingerprint density at radius 3 is 2.60 bits per heavy atom. The normalized spacial score (nSPS) is 17.3. The zero-order valence-electron chi connectivity index (χ0n) is 13.1. The maximum Gasteiger partial charge on any atom is 0.122 e. The summed E-state index contributed by atoms with van der Waals surface area (Å²) in [5.74, 6) is 1.75. The molecule has 2 rings (SSSR count). The number of hydrogen-bond donors (Lipinski definition) is 0. The maximum atomic E-state index is 6.09. The lowest BCUT2D eigenvalue weighted by Gasteiger charge is -2.20. The molecule has 0 bridgehead atoms. The summed E-state index contributed by atoms with van der Waals surface area (Å²) < 4.78 is 6.09. The van der Waals surface area contributed by atoms with Crippen molar-refractivity contribution < 1.29 is 4.74 Å². The number of benzene rings is 1. The lowest BCUT2D eigenvalue weighted by Crippen LogP contribution is -2.25. The van der Waals surface area contributed by atoms with E-state index in [0.29, 0.717) is 5.92 Å². The van der Waals surface area contributed by atoms with Crippen LogP contribution in [0.25, 0.3) is 0 Å².